The van der Waals surface area contributed by atoms with Gasteiger partial charge in [-0.05, 0) is 24.6 Å². The van der Waals surface area contributed by atoms with E-state index >= 15 is 0 Å². The van der Waals surface area contributed by atoms with Crippen molar-refractivity contribution in [1.82, 2.24) is 10.2 Å². The number of nitrogens with one attached hydrogen (secondary N) is 1. The average Bonchev–Trinajstić information content (AvgIpc) is 2.69. The lowest BCUT2D eigenvalue weighted by molar-refractivity contribution is -0.121. The number of nitrogens with zero attached hydrogens (tertiary/aromatic N) is 1. The standard InChI is InChI=1S/C15H13BrN2O3/c1-2-7-17-13(19)4-3-8-18-14(20)11-6-5-10(16)9-12(11)15(18)21/h1,5-6,9H,3-4,7-8H2,(H,17,19). The molecule has 2 rings (SSSR count). The van der Waals surface area contributed by atoms with Crippen LogP contribution in [0.4, 0.5) is 0 Å². The molecule has 1 aliphatic rings. The lowest BCUT2D eigenvalue weighted by atomic mass is 10.1. The first kappa shape index (κ1) is 15.3. The van der Waals surface area contributed by atoms with E-state index in [2.05, 4.69) is 27.2 Å². The third-order valence-electron chi connectivity index (χ3n) is 3.11. The van der Waals surface area contributed by atoms with Crippen LogP contribution in [-0.2, 0) is 4.79 Å². The maximum absolute atomic E-state index is 12.2. The number of benzene rings is 1. The highest BCUT2D eigenvalue weighted by atomic mass is 79.9. The van der Waals surface area contributed by atoms with E-state index in [0.29, 0.717) is 17.5 Å². The molecule has 21 heavy (non-hydrogen) atoms. The van der Waals surface area contributed by atoms with Crippen LogP contribution in [0.1, 0.15) is 33.6 Å². The summed E-state index contributed by atoms with van der Waals surface area (Å²) in [6, 6.07) is 4.98. The van der Waals surface area contributed by atoms with Crippen LogP contribution >= 0.6 is 15.9 Å². The second kappa shape index (κ2) is 6.55. The van der Waals surface area contributed by atoms with E-state index in [4.69, 9.17) is 6.42 Å². The number of hydrogen-bond acceptors (Lipinski definition) is 3. The van der Waals surface area contributed by atoms with Crippen molar-refractivity contribution in [3.63, 3.8) is 0 Å². The van der Waals surface area contributed by atoms with Crippen LogP contribution in [-0.4, -0.2) is 35.7 Å². The van der Waals surface area contributed by atoms with E-state index in [1.807, 2.05) is 0 Å². The fourth-order valence-corrected chi connectivity index (χ4v) is 2.46. The molecule has 0 saturated carbocycles. The van der Waals surface area contributed by atoms with Gasteiger partial charge in [0.2, 0.25) is 5.91 Å². The molecule has 1 N–H and O–H groups in total. The second-order valence-electron chi connectivity index (χ2n) is 4.54. The molecule has 3 amide bonds. The van der Waals surface area contributed by atoms with Gasteiger partial charge >= 0.3 is 0 Å². The molecular formula is C15H13BrN2O3. The van der Waals surface area contributed by atoms with Crippen molar-refractivity contribution in [2.24, 2.45) is 0 Å². The van der Waals surface area contributed by atoms with Crippen LogP contribution in [0.25, 0.3) is 0 Å². The van der Waals surface area contributed by atoms with Crippen LogP contribution in [0.3, 0.4) is 0 Å². The number of imide groups is 1. The fraction of sp³-hybridized carbons (Fsp3) is 0.267. The summed E-state index contributed by atoms with van der Waals surface area (Å²) in [6.45, 7) is 0.396. The zero-order valence-corrected chi connectivity index (χ0v) is 12.8. The van der Waals surface area contributed by atoms with Gasteiger partial charge in [-0.2, -0.15) is 0 Å². The molecule has 0 fully saturated rings. The number of carbonyl (C=O) groups excluding carboxylic acids is 3. The lowest BCUT2D eigenvalue weighted by Crippen LogP contribution is -2.32. The minimum absolute atomic E-state index is 0.180. The van der Waals surface area contributed by atoms with Crippen molar-refractivity contribution in [3.05, 3.63) is 33.8 Å². The molecule has 0 radical (unpaired) electrons. The molecule has 0 aliphatic carbocycles. The summed E-state index contributed by atoms with van der Waals surface area (Å²) in [7, 11) is 0. The molecule has 0 unspecified atom stereocenters. The number of hydrogen-bond donors (Lipinski definition) is 1. The van der Waals surface area contributed by atoms with E-state index in [-0.39, 0.29) is 37.2 Å². The first-order chi connectivity index (χ1) is 10.0. The number of rotatable bonds is 5. The van der Waals surface area contributed by atoms with E-state index in [9.17, 15) is 14.4 Å². The van der Waals surface area contributed by atoms with Crippen LogP contribution < -0.4 is 5.32 Å². The highest BCUT2D eigenvalue weighted by Crippen LogP contribution is 2.26. The number of halogens is 1. The minimum Gasteiger partial charge on any atom is -0.345 e. The van der Waals surface area contributed by atoms with Gasteiger partial charge in [0.15, 0.2) is 0 Å². The summed E-state index contributed by atoms with van der Waals surface area (Å²) in [4.78, 5) is 36.9. The molecule has 1 heterocycles. The first-order valence-electron chi connectivity index (χ1n) is 6.40. The summed E-state index contributed by atoms with van der Waals surface area (Å²) in [5.74, 6) is 1.49. The highest BCUT2D eigenvalue weighted by molar-refractivity contribution is 9.10. The zero-order valence-electron chi connectivity index (χ0n) is 11.2. The fourth-order valence-electron chi connectivity index (χ4n) is 2.10. The summed E-state index contributed by atoms with van der Waals surface area (Å²) < 4.78 is 0.748. The van der Waals surface area contributed by atoms with Crippen LogP contribution in [0.2, 0.25) is 0 Å². The van der Waals surface area contributed by atoms with Crippen molar-refractivity contribution in [3.8, 4) is 12.3 Å². The van der Waals surface area contributed by atoms with Crippen molar-refractivity contribution >= 4 is 33.7 Å². The molecule has 108 valence electrons. The van der Waals surface area contributed by atoms with Crippen LogP contribution in [0.5, 0.6) is 0 Å². The summed E-state index contributed by atoms with van der Waals surface area (Å²) in [5.41, 5.74) is 0.797. The van der Waals surface area contributed by atoms with E-state index in [1.54, 1.807) is 18.2 Å². The predicted octanol–water partition coefficient (Wildman–Crippen LogP) is 1.57. The number of carbonyl (C=O) groups is 3. The van der Waals surface area contributed by atoms with Crippen molar-refractivity contribution < 1.29 is 14.4 Å². The van der Waals surface area contributed by atoms with Crippen molar-refractivity contribution in [1.29, 1.82) is 0 Å². The third-order valence-corrected chi connectivity index (χ3v) is 3.60. The van der Waals surface area contributed by atoms with Gasteiger partial charge in [0.25, 0.3) is 11.8 Å². The maximum atomic E-state index is 12.2. The van der Waals surface area contributed by atoms with Gasteiger partial charge in [0, 0.05) is 17.4 Å². The molecule has 1 aliphatic heterocycles. The molecule has 0 aromatic heterocycles. The molecular weight excluding hydrogens is 336 g/mol. The lowest BCUT2D eigenvalue weighted by Gasteiger charge is -2.13. The quantitative estimate of drug-likeness (QED) is 0.648. The summed E-state index contributed by atoms with van der Waals surface area (Å²) >= 11 is 3.28. The number of fused-ring (bicyclic) bond motifs is 1. The van der Waals surface area contributed by atoms with E-state index < -0.39 is 0 Å². The molecule has 5 nitrogen and oxygen atoms in total. The molecule has 1 aromatic carbocycles. The van der Waals surface area contributed by atoms with E-state index in [0.717, 1.165) is 4.47 Å². The second-order valence-corrected chi connectivity index (χ2v) is 5.45. The van der Waals surface area contributed by atoms with Crippen molar-refractivity contribution in [2.75, 3.05) is 13.1 Å². The van der Waals surface area contributed by atoms with Gasteiger partial charge < -0.3 is 5.32 Å². The SMILES string of the molecule is C#CCNC(=O)CCCN1C(=O)c2ccc(Br)cc2C1=O. The summed E-state index contributed by atoms with van der Waals surface area (Å²) in [5, 5.41) is 2.54. The Morgan fingerprint density at radius 2 is 2.00 bits per heavy atom. The molecule has 1 aromatic rings. The Morgan fingerprint density at radius 1 is 1.29 bits per heavy atom. The maximum Gasteiger partial charge on any atom is 0.261 e. The topological polar surface area (TPSA) is 66.5 Å². The Labute approximate surface area is 130 Å². The molecule has 0 atom stereocenters. The molecule has 0 spiro atoms. The molecule has 0 bridgehead atoms. The van der Waals surface area contributed by atoms with Gasteiger partial charge in [-0.15, -0.1) is 6.42 Å². The number of amides is 3. The predicted molar refractivity (Wildman–Crippen MR) is 80.6 cm³/mol. The van der Waals surface area contributed by atoms with Gasteiger partial charge in [-0.3, -0.25) is 19.3 Å². The first-order valence-corrected chi connectivity index (χ1v) is 7.20. The Bertz CT molecular complexity index is 649. The Kier molecular flexibility index (Phi) is 4.76. The van der Waals surface area contributed by atoms with Crippen molar-refractivity contribution in [2.45, 2.75) is 12.8 Å². The molecule has 6 heteroatoms. The molecule has 0 saturated heterocycles. The Morgan fingerprint density at radius 3 is 2.71 bits per heavy atom. The Hall–Kier alpha value is -2.13. The van der Waals surface area contributed by atoms with Crippen LogP contribution in [0, 0.1) is 12.3 Å². The largest absolute Gasteiger partial charge is 0.345 e. The minimum atomic E-state index is -0.319. The van der Waals surface area contributed by atoms with Gasteiger partial charge in [0.05, 0.1) is 17.7 Å². The Balaban J connectivity index is 1.95. The van der Waals surface area contributed by atoms with Crippen LogP contribution in [0.15, 0.2) is 22.7 Å². The van der Waals surface area contributed by atoms with Gasteiger partial charge in [-0.25, -0.2) is 0 Å². The number of terminal acetylenes is 1. The van der Waals surface area contributed by atoms with E-state index in [1.165, 1.54) is 4.90 Å². The smallest absolute Gasteiger partial charge is 0.261 e. The average molecular weight is 349 g/mol. The monoisotopic (exact) mass is 348 g/mol. The van der Waals surface area contributed by atoms with Gasteiger partial charge in [-0.1, -0.05) is 21.9 Å². The normalized spacial score (nSPS) is 13.0. The highest BCUT2D eigenvalue weighted by Gasteiger charge is 2.35. The summed E-state index contributed by atoms with van der Waals surface area (Å²) in [6.07, 6.45) is 5.66. The zero-order chi connectivity index (χ0) is 15.4. The third kappa shape index (κ3) is 3.31. The van der Waals surface area contributed by atoms with Gasteiger partial charge in [0.1, 0.15) is 0 Å².